The highest BCUT2D eigenvalue weighted by molar-refractivity contribution is 14.0. The van der Waals surface area contributed by atoms with Crippen LogP contribution in [0.4, 0.5) is 0 Å². The van der Waals surface area contributed by atoms with Gasteiger partial charge in [0, 0.05) is 26.1 Å². The number of nitrogens with one attached hydrogen (secondary N) is 2. The third kappa shape index (κ3) is 6.94. The molecular formula is C17H33IN6. The molecule has 1 aromatic heterocycles. The van der Waals surface area contributed by atoms with Crippen molar-refractivity contribution in [2.75, 3.05) is 13.1 Å². The molecule has 1 aromatic rings. The summed E-state index contributed by atoms with van der Waals surface area (Å²) in [5.41, 5.74) is 0. The fourth-order valence-corrected chi connectivity index (χ4v) is 2.91. The molecule has 24 heavy (non-hydrogen) atoms. The molecule has 0 atom stereocenters. The summed E-state index contributed by atoms with van der Waals surface area (Å²) < 4.78 is 2.27. The Labute approximate surface area is 163 Å². The monoisotopic (exact) mass is 448 g/mol. The lowest BCUT2D eigenvalue weighted by Crippen LogP contribution is -2.37. The lowest BCUT2D eigenvalue weighted by Gasteiger charge is -2.11. The summed E-state index contributed by atoms with van der Waals surface area (Å²) in [6.07, 6.45) is 9.83. The zero-order valence-electron chi connectivity index (χ0n) is 15.2. The first-order valence-electron chi connectivity index (χ1n) is 9.28. The standard InChI is InChI=1S/C17H32N6.HI/c1-3-5-6-9-12-19-17(18-4-2)20-14-16-22-21-15-11-8-7-10-13-23(15)16;/h3-14H2,1-2H3,(H2,18,19,20);1H. The Morgan fingerprint density at radius 2 is 1.96 bits per heavy atom. The van der Waals surface area contributed by atoms with Gasteiger partial charge in [-0.3, -0.25) is 0 Å². The van der Waals surface area contributed by atoms with E-state index in [0.717, 1.165) is 43.7 Å². The second-order valence-electron chi connectivity index (χ2n) is 6.18. The summed E-state index contributed by atoms with van der Waals surface area (Å²) >= 11 is 0. The molecule has 1 aliphatic heterocycles. The first-order valence-corrected chi connectivity index (χ1v) is 9.28. The molecule has 0 amide bonds. The van der Waals surface area contributed by atoms with E-state index >= 15 is 0 Å². The topological polar surface area (TPSA) is 67.1 Å². The van der Waals surface area contributed by atoms with Gasteiger partial charge in [0.2, 0.25) is 0 Å². The van der Waals surface area contributed by atoms with Crippen molar-refractivity contribution < 1.29 is 0 Å². The van der Waals surface area contributed by atoms with Gasteiger partial charge in [-0.2, -0.15) is 0 Å². The second kappa shape index (κ2) is 12.5. The minimum atomic E-state index is 0. The van der Waals surface area contributed by atoms with Crippen molar-refractivity contribution in [3.05, 3.63) is 11.6 Å². The van der Waals surface area contributed by atoms with Crippen LogP contribution in [0.25, 0.3) is 0 Å². The number of nitrogens with zero attached hydrogens (tertiary/aromatic N) is 4. The van der Waals surface area contributed by atoms with Gasteiger partial charge >= 0.3 is 0 Å². The summed E-state index contributed by atoms with van der Waals surface area (Å²) in [7, 11) is 0. The van der Waals surface area contributed by atoms with Gasteiger partial charge in [-0.25, -0.2) is 4.99 Å². The number of halogens is 1. The van der Waals surface area contributed by atoms with Gasteiger partial charge in [0.15, 0.2) is 11.8 Å². The van der Waals surface area contributed by atoms with Gasteiger partial charge in [0.25, 0.3) is 0 Å². The van der Waals surface area contributed by atoms with Crippen LogP contribution < -0.4 is 10.6 Å². The molecule has 0 fully saturated rings. The Hall–Kier alpha value is -0.860. The number of aromatic nitrogens is 3. The molecule has 6 nitrogen and oxygen atoms in total. The van der Waals surface area contributed by atoms with E-state index in [4.69, 9.17) is 0 Å². The molecule has 0 saturated carbocycles. The fourth-order valence-electron chi connectivity index (χ4n) is 2.91. The van der Waals surface area contributed by atoms with E-state index < -0.39 is 0 Å². The largest absolute Gasteiger partial charge is 0.357 e. The van der Waals surface area contributed by atoms with E-state index in [1.54, 1.807) is 0 Å². The van der Waals surface area contributed by atoms with Gasteiger partial charge in [0.05, 0.1) is 0 Å². The fraction of sp³-hybridized carbons (Fsp3) is 0.824. The SMILES string of the molecule is CCCCCCNC(=NCc1nnc2n1CCCCC2)NCC.I. The first kappa shape index (κ1) is 21.2. The summed E-state index contributed by atoms with van der Waals surface area (Å²) in [5, 5.41) is 15.4. The first-order chi connectivity index (χ1) is 11.3. The van der Waals surface area contributed by atoms with Crippen molar-refractivity contribution in [1.82, 2.24) is 25.4 Å². The molecule has 0 aliphatic carbocycles. The minimum absolute atomic E-state index is 0. The van der Waals surface area contributed by atoms with Crippen LogP contribution in [-0.4, -0.2) is 33.8 Å². The number of rotatable bonds is 8. The quantitative estimate of drug-likeness (QED) is 0.277. The van der Waals surface area contributed by atoms with Crippen molar-refractivity contribution in [2.45, 2.75) is 78.3 Å². The number of hydrogen-bond donors (Lipinski definition) is 2. The van der Waals surface area contributed by atoms with E-state index in [1.807, 2.05) is 0 Å². The molecule has 138 valence electrons. The maximum atomic E-state index is 4.68. The average molecular weight is 448 g/mol. The smallest absolute Gasteiger partial charge is 0.191 e. The predicted molar refractivity (Wildman–Crippen MR) is 110 cm³/mol. The summed E-state index contributed by atoms with van der Waals surface area (Å²) in [6.45, 7) is 7.81. The number of hydrogen-bond acceptors (Lipinski definition) is 3. The number of fused-ring (bicyclic) bond motifs is 1. The van der Waals surface area contributed by atoms with E-state index in [1.165, 1.54) is 44.9 Å². The van der Waals surface area contributed by atoms with Gasteiger partial charge in [-0.15, -0.1) is 34.2 Å². The van der Waals surface area contributed by atoms with Crippen molar-refractivity contribution in [3.8, 4) is 0 Å². The predicted octanol–water partition coefficient (Wildman–Crippen LogP) is 3.26. The van der Waals surface area contributed by atoms with Crippen LogP contribution in [0.2, 0.25) is 0 Å². The highest BCUT2D eigenvalue weighted by atomic mass is 127. The van der Waals surface area contributed by atoms with Crippen LogP contribution in [0.3, 0.4) is 0 Å². The Kier molecular flexibility index (Phi) is 11.0. The van der Waals surface area contributed by atoms with E-state index in [9.17, 15) is 0 Å². The molecule has 0 spiro atoms. The second-order valence-corrected chi connectivity index (χ2v) is 6.18. The zero-order valence-corrected chi connectivity index (χ0v) is 17.5. The highest BCUT2D eigenvalue weighted by Gasteiger charge is 2.14. The molecular weight excluding hydrogens is 415 g/mol. The maximum absolute atomic E-state index is 4.68. The van der Waals surface area contributed by atoms with Crippen molar-refractivity contribution in [2.24, 2.45) is 4.99 Å². The third-order valence-electron chi connectivity index (χ3n) is 4.23. The average Bonchev–Trinajstić information content (AvgIpc) is 2.79. The summed E-state index contributed by atoms with van der Waals surface area (Å²) in [5.74, 6) is 3.00. The minimum Gasteiger partial charge on any atom is -0.357 e. The lowest BCUT2D eigenvalue weighted by molar-refractivity contribution is 0.604. The zero-order chi connectivity index (χ0) is 16.3. The molecule has 2 N–H and O–H groups in total. The Bertz CT molecular complexity index is 485. The molecule has 1 aliphatic rings. The number of unbranched alkanes of at least 4 members (excludes halogenated alkanes) is 3. The van der Waals surface area contributed by atoms with Crippen LogP contribution in [0.15, 0.2) is 4.99 Å². The Morgan fingerprint density at radius 3 is 2.75 bits per heavy atom. The molecule has 2 rings (SSSR count). The van der Waals surface area contributed by atoms with Crippen LogP contribution in [-0.2, 0) is 19.5 Å². The molecule has 2 heterocycles. The van der Waals surface area contributed by atoms with Crippen LogP contribution >= 0.6 is 24.0 Å². The van der Waals surface area contributed by atoms with Gasteiger partial charge in [-0.05, 0) is 26.2 Å². The third-order valence-corrected chi connectivity index (χ3v) is 4.23. The van der Waals surface area contributed by atoms with E-state index in [0.29, 0.717) is 6.54 Å². The van der Waals surface area contributed by atoms with E-state index in [-0.39, 0.29) is 24.0 Å². The molecule has 0 radical (unpaired) electrons. The van der Waals surface area contributed by atoms with Crippen molar-refractivity contribution in [3.63, 3.8) is 0 Å². The summed E-state index contributed by atoms with van der Waals surface area (Å²) in [6, 6.07) is 0. The Morgan fingerprint density at radius 1 is 1.08 bits per heavy atom. The molecule has 0 bridgehead atoms. The van der Waals surface area contributed by atoms with E-state index in [2.05, 4.69) is 44.2 Å². The number of aryl methyl sites for hydroxylation is 1. The van der Waals surface area contributed by atoms with Crippen LogP contribution in [0.5, 0.6) is 0 Å². The highest BCUT2D eigenvalue weighted by Crippen LogP contribution is 2.14. The van der Waals surface area contributed by atoms with Crippen molar-refractivity contribution in [1.29, 1.82) is 0 Å². The normalized spacial score (nSPS) is 14.5. The van der Waals surface area contributed by atoms with Gasteiger partial charge in [-0.1, -0.05) is 32.6 Å². The van der Waals surface area contributed by atoms with Gasteiger partial charge < -0.3 is 15.2 Å². The molecule has 0 saturated heterocycles. The molecule has 0 aromatic carbocycles. The van der Waals surface area contributed by atoms with Crippen molar-refractivity contribution >= 4 is 29.9 Å². The summed E-state index contributed by atoms with van der Waals surface area (Å²) in [4.78, 5) is 4.68. The van der Waals surface area contributed by atoms with Crippen LogP contribution in [0.1, 0.15) is 70.4 Å². The Balaban J connectivity index is 0.00000288. The maximum Gasteiger partial charge on any atom is 0.191 e. The van der Waals surface area contributed by atoms with Gasteiger partial charge in [0.1, 0.15) is 12.4 Å². The molecule has 0 unspecified atom stereocenters. The number of aliphatic imine (C=N–C) groups is 1. The lowest BCUT2D eigenvalue weighted by atomic mass is 10.2. The number of guanidine groups is 1. The van der Waals surface area contributed by atoms with Crippen LogP contribution in [0, 0.1) is 0 Å². The molecule has 7 heteroatoms.